The molecule has 1 unspecified atom stereocenters. The normalized spacial score (nSPS) is 19.0. The standard InChI is InChI=1S/C24H28F2N8O3S3/c1-14(2)39(35,28-3)34-9-5-15(6-10-34)17-11-16(40(36,37)32-24(13-27)7-8-24)12-18-19(31-33(4)20(17)18)22-29-30-23(38-22)21(25)26/h5,11-12,14,21,32H,6-10H2,1-4H3. The number of benzene rings is 1. The summed E-state index contributed by atoms with van der Waals surface area (Å²) >= 11 is 0.689. The number of nitrogens with zero attached hydrogens (tertiary/aromatic N) is 7. The van der Waals surface area contributed by atoms with Crippen LogP contribution in [0.2, 0.25) is 0 Å². The van der Waals surface area contributed by atoms with Crippen LogP contribution in [0.4, 0.5) is 8.78 Å². The molecule has 0 spiro atoms. The maximum atomic E-state index is 13.5. The zero-order chi connectivity index (χ0) is 29.0. The van der Waals surface area contributed by atoms with Crippen LogP contribution in [0.15, 0.2) is 27.5 Å². The number of halogens is 2. The van der Waals surface area contributed by atoms with Crippen molar-refractivity contribution in [2.75, 3.05) is 20.1 Å². The Morgan fingerprint density at radius 2 is 1.95 bits per heavy atom. The zero-order valence-corrected chi connectivity index (χ0v) is 24.7. The highest BCUT2D eigenvalue weighted by molar-refractivity contribution is 7.91. The number of nitriles is 1. The fourth-order valence-corrected chi connectivity index (χ4v) is 8.82. The van der Waals surface area contributed by atoms with Gasteiger partial charge in [-0.3, -0.25) is 4.68 Å². The summed E-state index contributed by atoms with van der Waals surface area (Å²) < 4.78 is 77.0. The van der Waals surface area contributed by atoms with Crippen molar-refractivity contribution in [3.8, 4) is 16.8 Å². The van der Waals surface area contributed by atoms with Gasteiger partial charge in [-0.25, -0.2) is 30.1 Å². The van der Waals surface area contributed by atoms with E-state index in [1.54, 1.807) is 24.8 Å². The Morgan fingerprint density at radius 1 is 1.23 bits per heavy atom. The lowest BCUT2D eigenvalue weighted by atomic mass is 9.97. The van der Waals surface area contributed by atoms with E-state index in [0.717, 1.165) is 5.57 Å². The van der Waals surface area contributed by atoms with Crippen molar-refractivity contribution >= 4 is 47.8 Å². The molecule has 0 bridgehead atoms. The third-order valence-electron chi connectivity index (χ3n) is 7.11. The Hall–Kier alpha value is -2.84. The maximum absolute atomic E-state index is 13.5. The molecule has 1 N–H and O–H groups in total. The van der Waals surface area contributed by atoms with Gasteiger partial charge in [0, 0.05) is 38.1 Å². The van der Waals surface area contributed by atoms with Gasteiger partial charge in [0.25, 0.3) is 6.43 Å². The van der Waals surface area contributed by atoms with E-state index in [4.69, 9.17) is 0 Å². The lowest BCUT2D eigenvalue weighted by molar-refractivity contribution is 0.150. The molecule has 1 fully saturated rings. The minimum Gasteiger partial charge on any atom is -0.267 e. The van der Waals surface area contributed by atoms with Crippen molar-refractivity contribution < 1.29 is 21.4 Å². The van der Waals surface area contributed by atoms with Gasteiger partial charge < -0.3 is 0 Å². The molecule has 214 valence electrons. The van der Waals surface area contributed by atoms with Crippen LogP contribution in [0.1, 0.15) is 50.1 Å². The fraction of sp³-hybridized carbons (Fsp3) is 0.500. The first-order valence-corrected chi connectivity index (χ1v) is 16.3. The summed E-state index contributed by atoms with van der Waals surface area (Å²) in [4.78, 5) is -0.0813. The van der Waals surface area contributed by atoms with Crippen molar-refractivity contribution in [1.82, 2.24) is 29.0 Å². The highest BCUT2D eigenvalue weighted by Gasteiger charge is 2.47. The van der Waals surface area contributed by atoms with Gasteiger partial charge in [0.2, 0.25) is 10.0 Å². The van der Waals surface area contributed by atoms with Gasteiger partial charge >= 0.3 is 0 Å². The van der Waals surface area contributed by atoms with Gasteiger partial charge in [-0.05, 0) is 50.8 Å². The molecule has 0 radical (unpaired) electrons. The summed E-state index contributed by atoms with van der Waals surface area (Å²) in [7, 11) is -3.50. The number of hydrogen-bond donors (Lipinski definition) is 1. The second-order valence-electron chi connectivity index (χ2n) is 10.0. The molecule has 2 aliphatic rings. The lowest BCUT2D eigenvalue weighted by Gasteiger charge is -2.31. The van der Waals surface area contributed by atoms with E-state index in [1.165, 1.54) is 6.07 Å². The molecule has 1 atom stereocenters. The van der Waals surface area contributed by atoms with E-state index >= 15 is 0 Å². The van der Waals surface area contributed by atoms with Crippen LogP contribution in [0, 0.1) is 11.3 Å². The Kier molecular flexibility index (Phi) is 7.32. The molecule has 1 aliphatic carbocycles. The molecule has 1 aromatic carbocycles. The minimum absolute atomic E-state index is 0.0813. The van der Waals surface area contributed by atoms with E-state index in [2.05, 4.69) is 24.4 Å². The number of rotatable bonds is 8. The summed E-state index contributed by atoms with van der Waals surface area (Å²) in [5.74, 6) is 0. The molecule has 1 aliphatic heterocycles. The molecule has 1 saturated carbocycles. The van der Waals surface area contributed by atoms with Crippen LogP contribution < -0.4 is 4.72 Å². The third-order valence-corrected chi connectivity index (χ3v) is 12.4. The SMILES string of the molecule is CN=S(=O)(C(C)C)N1CC=C(c2cc(S(=O)(=O)NC3(C#N)CC3)cc3c(-c4nnc(C(F)F)s4)nn(C)c23)CC1. The molecule has 3 heterocycles. The second kappa shape index (κ2) is 10.2. The van der Waals surface area contributed by atoms with Crippen LogP contribution in [0.3, 0.4) is 0 Å². The maximum Gasteiger partial charge on any atom is 0.291 e. The van der Waals surface area contributed by atoms with E-state index in [9.17, 15) is 26.7 Å². The molecular weight excluding hydrogens is 583 g/mol. The number of nitrogens with one attached hydrogen (secondary N) is 1. The number of aromatic nitrogens is 4. The van der Waals surface area contributed by atoms with Crippen LogP contribution in [0.5, 0.6) is 0 Å². The molecule has 0 amide bonds. The highest BCUT2D eigenvalue weighted by atomic mass is 32.2. The summed E-state index contributed by atoms with van der Waals surface area (Å²) in [6.45, 7) is 4.50. The molecular formula is C24H28F2N8O3S3. The van der Waals surface area contributed by atoms with Crippen molar-refractivity contribution in [1.29, 1.82) is 5.26 Å². The minimum atomic E-state index is -4.13. The molecule has 2 aromatic heterocycles. The zero-order valence-electron chi connectivity index (χ0n) is 22.3. The second-order valence-corrected chi connectivity index (χ2v) is 15.6. The largest absolute Gasteiger partial charge is 0.291 e. The summed E-state index contributed by atoms with van der Waals surface area (Å²) in [6, 6.07) is 5.00. The average Bonchev–Trinajstić information content (AvgIpc) is 3.36. The molecule has 11 nitrogen and oxygen atoms in total. The summed E-state index contributed by atoms with van der Waals surface area (Å²) in [5, 5.41) is 21.3. The lowest BCUT2D eigenvalue weighted by Crippen LogP contribution is -2.38. The van der Waals surface area contributed by atoms with Crippen molar-refractivity contribution in [3.05, 3.63) is 28.8 Å². The van der Waals surface area contributed by atoms with Gasteiger partial charge in [-0.1, -0.05) is 17.4 Å². The fourth-order valence-electron chi connectivity index (χ4n) is 4.80. The predicted molar refractivity (Wildman–Crippen MR) is 148 cm³/mol. The average molecular weight is 611 g/mol. The molecule has 3 aromatic rings. The van der Waals surface area contributed by atoms with Crippen LogP contribution >= 0.6 is 11.3 Å². The number of sulfonamides is 1. The highest BCUT2D eigenvalue weighted by Crippen LogP contribution is 2.40. The Labute approximate surface area is 235 Å². The molecule has 0 saturated heterocycles. The van der Waals surface area contributed by atoms with E-state index in [0.29, 0.717) is 60.2 Å². The first-order chi connectivity index (χ1) is 18.8. The number of aryl methyl sites for hydroxylation is 1. The summed E-state index contributed by atoms with van der Waals surface area (Å²) in [5.41, 5.74) is 1.09. The van der Waals surface area contributed by atoms with E-state index in [-0.39, 0.29) is 20.8 Å². The topological polar surface area (TPSA) is 146 Å². The van der Waals surface area contributed by atoms with Gasteiger partial charge in [-0.15, -0.1) is 10.2 Å². The first-order valence-electron chi connectivity index (χ1n) is 12.5. The number of hydrogen-bond acceptors (Lipinski definition) is 9. The third kappa shape index (κ3) is 4.94. The van der Waals surface area contributed by atoms with Crippen molar-refractivity contribution in [3.63, 3.8) is 0 Å². The van der Waals surface area contributed by atoms with Gasteiger partial charge in [0.1, 0.15) is 21.1 Å². The molecule has 5 rings (SSSR count). The van der Waals surface area contributed by atoms with Gasteiger partial charge in [0.05, 0.1) is 21.7 Å². The van der Waals surface area contributed by atoms with Crippen molar-refractivity contribution in [2.24, 2.45) is 11.4 Å². The van der Waals surface area contributed by atoms with E-state index < -0.39 is 36.9 Å². The first kappa shape index (κ1) is 28.7. The van der Waals surface area contributed by atoms with E-state index in [1.807, 2.05) is 30.3 Å². The predicted octanol–water partition coefficient (Wildman–Crippen LogP) is 3.87. The number of fused-ring (bicyclic) bond motifs is 1. The quantitative estimate of drug-likeness (QED) is 0.407. The number of alkyl halides is 2. The van der Waals surface area contributed by atoms with Crippen LogP contribution in [0.25, 0.3) is 27.2 Å². The van der Waals surface area contributed by atoms with Crippen LogP contribution in [-0.2, 0) is 27.0 Å². The monoisotopic (exact) mass is 610 g/mol. The van der Waals surface area contributed by atoms with Crippen LogP contribution in [-0.4, -0.2) is 67.8 Å². The Balaban J connectivity index is 1.67. The smallest absolute Gasteiger partial charge is 0.267 e. The molecule has 40 heavy (non-hydrogen) atoms. The van der Waals surface area contributed by atoms with Crippen molar-refractivity contribution in [2.45, 2.75) is 55.2 Å². The summed E-state index contributed by atoms with van der Waals surface area (Å²) in [6.07, 6.45) is 0.386. The van der Waals surface area contributed by atoms with Gasteiger partial charge in [-0.2, -0.15) is 15.1 Å². The molecule has 16 heteroatoms. The van der Waals surface area contributed by atoms with Gasteiger partial charge in [0.15, 0.2) is 10.0 Å². The Bertz CT molecular complexity index is 1790. The Morgan fingerprint density at radius 3 is 2.48 bits per heavy atom.